The number of hydrogen-bond donors (Lipinski definition) is 1. The molecule has 0 saturated heterocycles. The second-order valence-corrected chi connectivity index (χ2v) is 10.3. The number of benzene rings is 2. The van der Waals surface area contributed by atoms with Gasteiger partial charge >= 0.3 is 0 Å². The van der Waals surface area contributed by atoms with Gasteiger partial charge < -0.3 is 10.0 Å². The third-order valence-electron chi connectivity index (χ3n) is 4.96. The van der Waals surface area contributed by atoms with Crippen LogP contribution in [0.1, 0.15) is 63.0 Å². The predicted molar refractivity (Wildman–Crippen MR) is 114 cm³/mol. The zero-order chi connectivity index (χ0) is 20.0. The summed E-state index contributed by atoms with van der Waals surface area (Å²) in [5.41, 5.74) is 2.98. The molecule has 1 heterocycles. The second kappa shape index (κ2) is 6.90. The summed E-state index contributed by atoms with van der Waals surface area (Å²) in [5.74, 6) is 1.19. The summed E-state index contributed by atoms with van der Waals surface area (Å²) >= 11 is 1.76. The minimum absolute atomic E-state index is 0.0864. The van der Waals surface area contributed by atoms with Crippen LogP contribution in [0.3, 0.4) is 0 Å². The monoisotopic (exact) mass is 383 g/mol. The molecule has 0 fully saturated rings. The fraction of sp³-hybridized carbons (Fsp3) is 0.435. The van der Waals surface area contributed by atoms with Crippen molar-refractivity contribution in [2.24, 2.45) is 0 Å². The van der Waals surface area contributed by atoms with Gasteiger partial charge in [-0.15, -0.1) is 11.8 Å². The average Bonchev–Trinajstić information content (AvgIpc) is 2.96. The SMILES string of the molecule is CC(C)(C)c1cc(C(=O)CN2CSc3ccccc32)cc(C(C)(C)C)c1O. The highest BCUT2D eigenvalue weighted by molar-refractivity contribution is 7.99. The summed E-state index contributed by atoms with van der Waals surface area (Å²) in [7, 11) is 0. The van der Waals surface area contributed by atoms with Crippen molar-refractivity contribution >= 4 is 23.2 Å². The molecular formula is C23H29NO2S. The first kappa shape index (κ1) is 19.8. The summed E-state index contributed by atoms with van der Waals surface area (Å²) in [6.07, 6.45) is 0. The van der Waals surface area contributed by atoms with E-state index in [0.717, 1.165) is 22.7 Å². The molecule has 1 aliphatic heterocycles. The van der Waals surface area contributed by atoms with Crippen LogP contribution < -0.4 is 4.90 Å². The molecule has 0 aliphatic carbocycles. The number of carbonyl (C=O) groups is 1. The lowest BCUT2D eigenvalue weighted by Crippen LogP contribution is -2.28. The minimum atomic E-state index is -0.240. The lowest BCUT2D eigenvalue weighted by molar-refractivity contribution is 0.1000. The number of carbonyl (C=O) groups excluding carboxylic acids is 1. The minimum Gasteiger partial charge on any atom is -0.507 e. The summed E-state index contributed by atoms with van der Waals surface area (Å²) in [4.78, 5) is 16.5. The molecule has 0 bridgehead atoms. The zero-order valence-corrected chi connectivity index (χ0v) is 17.9. The number of hydrogen-bond acceptors (Lipinski definition) is 4. The van der Waals surface area contributed by atoms with E-state index in [4.69, 9.17) is 0 Å². The average molecular weight is 384 g/mol. The molecule has 0 spiro atoms. The molecule has 27 heavy (non-hydrogen) atoms. The van der Waals surface area contributed by atoms with Crippen LogP contribution in [0.5, 0.6) is 5.75 Å². The smallest absolute Gasteiger partial charge is 0.182 e. The standard InChI is InChI=1S/C23H29NO2S/c1-22(2,3)16-11-15(12-17(21(16)26)23(4,5)6)19(25)13-24-14-27-20-10-8-7-9-18(20)24/h7-12,26H,13-14H2,1-6H3. The Morgan fingerprint density at radius 3 is 2.15 bits per heavy atom. The maximum atomic E-state index is 13.1. The molecule has 4 heteroatoms. The number of ketones is 1. The van der Waals surface area contributed by atoms with Crippen LogP contribution >= 0.6 is 11.8 Å². The number of nitrogens with zero attached hydrogens (tertiary/aromatic N) is 1. The van der Waals surface area contributed by atoms with E-state index in [9.17, 15) is 9.90 Å². The van der Waals surface area contributed by atoms with Gasteiger partial charge in [0.2, 0.25) is 0 Å². The Kier molecular flexibility index (Phi) is 5.06. The van der Waals surface area contributed by atoms with Gasteiger partial charge in [-0.25, -0.2) is 0 Å². The molecular weight excluding hydrogens is 354 g/mol. The van der Waals surface area contributed by atoms with Gasteiger partial charge in [0.25, 0.3) is 0 Å². The highest BCUT2D eigenvalue weighted by atomic mass is 32.2. The molecule has 0 unspecified atom stereocenters. The first-order chi connectivity index (χ1) is 12.5. The van der Waals surface area contributed by atoms with Crippen LogP contribution in [0.25, 0.3) is 0 Å². The van der Waals surface area contributed by atoms with Gasteiger partial charge in [-0.2, -0.15) is 0 Å². The van der Waals surface area contributed by atoms with Crippen molar-refractivity contribution in [3.8, 4) is 5.75 Å². The van der Waals surface area contributed by atoms with Crippen molar-refractivity contribution in [1.82, 2.24) is 0 Å². The Labute approximate surface area is 166 Å². The number of Topliss-reactive ketones (excluding diaryl/α,β-unsaturated/α-hetero) is 1. The van der Waals surface area contributed by atoms with Crippen molar-refractivity contribution in [1.29, 1.82) is 0 Å². The molecule has 0 atom stereocenters. The zero-order valence-electron chi connectivity index (χ0n) is 17.1. The first-order valence-corrected chi connectivity index (χ1v) is 10.3. The summed E-state index contributed by atoms with van der Waals surface area (Å²) in [6.45, 7) is 12.7. The van der Waals surface area contributed by atoms with Gasteiger partial charge in [-0.1, -0.05) is 53.7 Å². The third kappa shape index (κ3) is 4.01. The quantitative estimate of drug-likeness (QED) is 0.686. The number of phenolic OH excluding ortho intramolecular Hbond substituents is 1. The Morgan fingerprint density at radius 2 is 1.59 bits per heavy atom. The number of phenols is 1. The van der Waals surface area contributed by atoms with Crippen LogP contribution in [-0.2, 0) is 10.8 Å². The van der Waals surface area contributed by atoms with E-state index < -0.39 is 0 Å². The molecule has 3 rings (SSSR count). The van der Waals surface area contributed by atoms with E-state index in [1.807, 2.05) is 24.3 Å². The van der Waals surface area contributed by atoms with E-state index in [1.165, 1.54) is 4.90 Å². The highest BCUT2D eigenvalue weighted by Gasteiger charge is 2.29. The number of thioether (sulfide) groups is 1. The number of aromatic hydroxyl groups is 1. The van der Waals surface area contributed by atoms with Crippen molar-refractivity contribution < 1.29 is 9.90 Å². The maximum Gasteiger partial charge on any atom is 0.182 e. The fourth-order valence-electron chi connectivity index (χ4n) is 3.39. The second-order valence-electron chi connectivity index (χ2n) is 9.28. The molecule has 0 aromatic heterocycles. The largest absolute Gasteiger partial charge is 0.507 e. The first-order valence-electron chi connectivity index (χ1n) is 9.36. The van der Waals surface area contributed by atoms with E-state index in [2.05, 4.69) is 58.6 Å². The van der Waals surface area contributed by atoms with E-state index in [0.29, 0.717) is 17.9 Å². The number of rotatable bonds is 3. The van der Waals surface area contributed by atoms with Gasteiger partial charge in [0.15, 0.2) is 5.78 Å². The maximum absolute atomic E-state index is 13.1. The van der Waals surface area contributed by atoms with Crippen LogP contribution in [0.15, 0.2) is 41.3 Å². The fourth-order valence-corrected chi connectivity index (χ4v) is 4.44. The predicted octanol–water partition coefficient (Wildman–Crippen LogP) is 5.74. The molecule has 0 amide bonds. The van der Waals surface area contributed by atoms with Crippen LogP contribution in [-0.4, -0.2) is 23.3 Å². The summed E-state index contributed by atoms with van der Waals surface area (Å²) in [5, 5.41) is 10.9. The van der Waals surface area contributed by atoms with Crippen molar-refractivity contribution in [2.45, 2.75) is 57.3 Å². The van der Waals surface area contributed by atoms with Crippen molar-refractivity contribution in [3.05, 3.63) is 53.1 Å². The lowest BCUT2D eigenvalue weighted by Gasteiger charge is -2.28. The van der Waals surface area contributed by atoms with E-state index in [-0.39, 0.29) is 16.6 Å². The van der Waals surface area contributed by atoms with Crippen molar-refractivity contribution in [2.75, 3.05) is 17.3 Å². The molecule has 0 saturated carbocycles. The number of fused-ring (bicyclic) bond motifs is 1. The molecule has 3 nitrogen and oxygen atoms in total. The Hall–Kier alpha value is -1.94. The Balaban J connectivity index is 1.98. The van der Waals surface area contributed by atoms with Crippen LogP contribution in [0.4, 0.5) is 5.69 Å². The Bertz CT molecular complexity index is 840. The molecule has 144 valence electrons. The third-order valence-corrected chi connectivity index (χ3v) is 6.06. The van der Waals surface area contributed by atoms with Gasteiger partial charge in [-0.3, -0.25) is 4.79 Å². The Morgan fingerprint density at radius 1 is 1.04 bits per heavy atom. The van der Waals surface area contributed by atoms with Gasteiger partial charge in [0.05, 0.1) is 18.1 Å². The highest BCUT2D eigenvalue weighted by Crippen LogP contribution is 2.41. The normalized spacial score (nSPS) is 14.4. The molecule has 2 aromatic rings. The number of para-hydroxylation sites is 1. The van der Waals surface area contributed by atoms with Gasteiger partial charge in [0, 0.05) is 21.6 Å². The lowest BCUT2D eigenvalue weighted by atomic mass is 9.78. The van der Waals surface area contributed by atoms with Crippen molar-refractivity contribution in [3.63, 3.8) is 0 Å². The summed E-state index contributed by atoms with van der Waals surface area (Å²) < 4.78 is 0. The molecule has 2 aromatic carbocycles. The van der Waals surface area contributed by atoms with E-state index in [1.54, 1.807) is 11.8 Å². The van der Waals surface area contributed by atoms with E-state index >= 15 is 0 Å². The van der Waals surface area contributed by atoms with Crippen LogP contribution in [0.2, 0.25) is 0 Å². The summed E-state index contributed by atoms with van der Waals surface area (Å²) in [6, 6.07) is 12.0. The molecule has 1 aliphatic rings. The topological polar surface area (TPSA) is 40.5 Å². The molecule has 0 radical (unpaired) electrons. The number of anilines is 1. The van der Waals surface area contributed by atoms with Gasteiger partial charge in [-0.05, 0) is 35.1 Å². The molecule has 1 N–H and O–H groups in total. The van der Waals surface area contributed by atoms with Gasteiger partial charge in [0.1, 0.15) is 5.75 Å². The van der Waals surface area contributed by atoms with Crippen LogP contribution in [0, 0.1) is 0 Å².